The minimum Gasteiger partial charge on any atom is -0.387 e. The van der Waals surface area contributed by atoms with Gasteiger partial charge in [0, 0.05) is 25.8 Å². The van der Waals surface area contributed by atoms with Crippen LogP contribution in [0.5, 0.6) is 0 Å². The number of β-amino-alcohol motifs (C(OH)–C–C–N with tert-alkyl or cyclic N) is 1. The largest absolute Gasteiger partial charge is 0.387 e. The van der Waals surface area contributed by atoms with Gasteiger partial charge in [0.15, 0.2) is 0 Å². The van der Waals surface area contributed by atoms with E-state index in [1.165, 1.54) is 0 Å². The van der Waals surface area contributed by atoms with Gasteiger partial charge in [0.25, 0.3) is 0 Å². The number of aromatic nitrogens is 6. The molecule has 3 rings (SSSR count). The standard InChI is InChI=1S/C14H23N7O/c1-12(2)7-21-13(15-11-17-21)8-19-5-3-14(22,9-19)10-20-6-4-16-18-20/h4,6,11-12,22H,3,5,7-10H2,1-2H3. The van der Waals surface area contributed by atoms with E-state index in [0.717, 1.165) is 25.3 Å². The van der Waals surface area contributed by atoms with E-state index in [0.29, 0.717) is 25.6 Å². The fourth-order valence-electron chi connectivity index (χ4n) is 2.93. The van der Waals surface area contributed by atoms with Crippen LogP contribution in [0.1, 0.15) is 26.1 Å². The summed E-state index contributed by atoms with van der Waals surface area (Å²) >= 11 is 0. The van der Waals surface area contributed by atoms with Crippen LogP contribution in [0.15, 0.2) is 18.7 Å². The van der Waals surface area contributed by atoms with E-state index in [1.54, 1.807) is 23.4 Å². The summed E-state index contributed by atoms with van der Waals surface area (Å²) in [5.41, 5.74) is -0.753. The van der Waals surface area contributed by atoms with Crippen LogP contribution in [-0.2, 0) is 19.6 Å². The smallest absolute Gasteiger partial charge is 0.141 e. The van der Waals surface area contributed by atoms with Crippen molar-refractivity contribution >= 4 is 0 Å². The molecular formula is C14H23N7O. The molecule has 2 aromatic rings. The molecule has 0 aliphatic carbocycles. The van der Waals surface area contributed by atoms with Gasteiger partial charge in [-0.15, -0.1) is 5.10 Å². The van der Waals surface area contributed by atoms with Gasteiger partial charge >= 0.3 is 0 Å². The van der Waals surface area contributed by atoms with Gasteiger partial charge in [-0.2, -0.15) is 5.10 Å². The van der Waals surface area contributed by atoms with Crippen LogP contribution in [0.25, 0.3) is 0 Å². The predicted octanol–water partition coefficient (Wildman–Crippen LogP) is 0.163. The van der Waals surface area contributed by atoms with Crippen LogP contribution >= 0.6 is 0 Å². The molecule has 1 saturated heterocycles. The third-order valence-electron chi connectivity index (χ3n) is 3.94. The van der Waals surface area contributed by atoms with Crippen molar-refractivity contribution in [2.45, 2.75) is 45.5 Å². The number of hydrogen-bond acceptors (Lipinski definition) is 6. The molecule has 22 heavy (non-hydrogen) atoms. The van der Waals surface area contributed by atoms with Gasteiger partial charge in [0.1, 0.15) is 12.2 Å². The van der Waals surface area contributed by atoms with Gasteiger partial charge in [-0.3, -0.25) is 4.90 Å². The lowest BCUT2D eigenvalue weighted by Gasteiger charge is -2.23. The first kappa shape index (κ1) is 15.1. The Morgan fingerprint density at radius 2 is 2.27 bits per heavy atom. The topological polar surface area (TPSA) is 84.9 Å². The molecule has 0 bridgehead atoms. The van der Waals surface area contributed by atoms with E-state index in [9.17, 15) is 5.11 Å². The zero-order chi connectivity index (χ0) is 15.6. The Hall–Kier alpha value is -1.80. The van der Waals surface area contributed by atoms with Crippen LogP contribution in [-0.4, -0.2) is 58.5 Å². The SMILES string of the molecule is CC(C)Cn1ncnc1CN1CCC(O)(Cn2ccnn2)C1. The quantitative estimate of drug-likeness (QED) is 0.818. The third kappa shape index (κ3) is 3.50. The van der Waals surface area contributed by atoms with Crippen LogP contribution < -0.4 is 0 Å². The molecule has 1 fully saturated rings. The van der Waals surface area contributed by atoms with E-state index in [4.69, 9.17) is 0 Å². The molecule has 1 unspecified atom stereocenters. The highest BCUT2D eigenvalue weighted by atomic mass is 16.3. The number of aliphatic hydroxyl groups is 1. The van der Waals surface area contributed by atoms with E-state index in [2.05, 4.69) is 39.1 Å². The van der Waals surface area contributed by atoms with E-state index >= 15 is 0 Å². The van der Waals surface area contributed by atoms with Gasteiger partial charge in [-0.05, 0) is 12.3 Å². The number of likely N-dealkylation sites (tertiary alicyclic amines) is 1. The number of nitrogens with zero attached hydrogens (tertiary/aromatic N) is 7. The molecule has 8 heteroatoms. The highest BCUT2D eigenvalue weighted by Gasteiger charge is 2.37. The molecule has 1 aliphatic rings. The molecule has 3 heterocycles. The van der Waals surface area contributed by atoms with Crippen molar-refractivity contribution in [3.63, 3.8) is 0 Å². The van der Waals surface area contributed by atoms with Gasteiger partial charge in [-0.25, -0.2) is 14.3 Å². The monoisotopic (exact) mass is 305 g/mol. The maximum absolute atomic E-state index is 10.7. The second-order valence-electron chi connectivity index (χ2n) is 6.54. The van der Waals surface area contributed by atoms with Crippen LogP contribution in [0.4, 0.5) is 0 Å². The minimum atomic E-state index is -0.753. The summed E-state index contributed by atoms with van der Waals surface area (Å²) in [6.07, 6.45) is 5.74. The summed E-state index contributed by atoms with van der Waals surface area (Å²) in [5, 5.41) is 22.7. The van der Waals surface area contributed by atoms with Crippen molar-refractivity contribution in [3.8, 4) is 0 Å². The van der Waals surface area contributed by atoms with E-state index in [-0.39, 0.29) is 0 Å². The average molecular weight is 305 g/mol. The third-order valence-corrected chi connectivity index (χ3v) is 3.94. The molecular weight excluding hydrogens is 282 g/mol. The fourth-order valence-corrected chi connectivity index (χ4v) is 2.93. The Labute approximate surface area is 129 Å². The average Bonchev–Trinajstić information content (AvgIpc) is 3.15. The van der Waals surface area contributed by atoms with Gasteiger partial charge < -0.3 is 5.11 Å². The van der Waals surface area contributed by atoms with Crippen molar-refractivity contribution in [1.82, 2.24) is 34.7 Å². The number of rotatable bonds is 6. The van der Waals surface area contributed by atoms with Crippen molar-refractivity contribution in [2.24, 2.45) is 5.92 Å². The molecule has 8 nitrogen and oxygen atoms in total. The summed E-state index contributed by atoms with van der Waals surface area (Å²) in [5.74, 6) is 1.49. The maximum atomic E-state index is 10.7. The van der Waals surface area contributed by atoms with E-state index < -0.39 is 5.60 Å². The minimum absolute atomic E-state index is 0.474. The zero-order valence-corrected chi connectivity index (χ0v) is 13.1. The predicted molar refractivity (Wildman–Crippen MR) is 79.7 cm³/mol. The van der Waals surface area contributed by atoms with Crippen molar-refractivity contribution in [1.29, 1.82) is 0 Å². The summed E-state index contributed by atoms with van der Waals surface area (Å²) in [6.45, 7) is 7.85. The fraction of sp³-hybridized carbons (Fsp3) is 0.714. The molecule has 0 spiro atoms. The molecule has 2 aromatic heterocycles. The Kier molecular flexibility index (Phi) is 4.21. The Morgan fingerprint density at radius 3 is 3.00 bits per heavy atom. The first-order valence-corrected chi connectivity index (χ1v) is 7.70. The lowest BCUT2D eigenvalue weighted by atomic mass is 10.0. The summed E-state index contributed by atoms with van der Waals surface area (Å²) in [7, 11) is 0. The van der Waals surface area contributed by atoms with Crippen LogP contribution in [0, 0.1) is 5.92 Å². The van der Waals surface area contributed by atoms with Crippen LogP contribution in [0.2, 0.25) is 0 Å². The van der Waals surface area contributed by atoms with Crippen molar-refractivity contribution < 1.29 is 5.11 Å². The van der Waals surface area contributed by atoms with E-state index in [1.807, 2.05) is 4.68 Å². The Balaban J connectivity index is 1.60. The van der Waals surface area contributed by atoms with Crippen molar-refractivity contribution in [2.75, 3.05) is 13.1 Å². The first-order chi connectivity index (χ1) is 10.5. The lowest BCUT2D eigenvalue weighted by Crippen LogP contribution is -2.38. The maximum Gasteiger partial charge on any atom is 0.141 e. The Bertz CT molecular complexity index is 594. The normalized spacial score (nSPS) is 22.7. The van der Waals surface area contributed by atoms with Gasteiger partial charge in [-0.1, -0.05) is 19.1 Å². The molecule has 1 N–H and O–H groups in total. The second-order valence-corrected chi connectivity index (χ2v) is 6.54. The summed E-state index contributed by atoms with van der Waals surface area (Å²) in [4.78, 5) is 6.58. The van der Waals surface area contributed by atoms with Crippen molar-refractivity contribution in [3.05, 3.63) is 24.5 Å². The molecule has 0 saturated carbocycles. The lowest BCUT2D eigenvalue weighted by molar-refractivity contribution is 0.0271. The second kappa shape index (κ2) is 6.13. The highest BCUT2D eigenvalue weighted by molar-refractivity contribution is 4.94. The first-order valence-electron chi connectivity index (χ1n) is 7.70. The zero-order valence-electron chi connectivity index (χ0n) is 13.1. The highest BCUT2D eigenvalue weighted by Crippen LogP contribution is 2.24. The molecule has 1 atom stereocenters. The van der Waals surface area contributed by atoms with Gasteiger partial charge in [0.2, 0.25) is 0 Å². The molecule has 120 valence electrons. The van der Waals surface area contributed by atoms with Gasteiger partial charge in [0.05, 0.1) is 24.9 Å². The molecule has 1 aliphatic heterocycles. The molecule has 0 radical (unpaired) electrons. The number of hydrogen-bond donors (Lipinski definition) is 1. The Morgan fingerprint density at radius 1 is 1.41 bits per heavy atom. The summed E-state index contributed by atoms with van der Waals surface area (Å²) in [6, 6.07) is 0. The summed E-state index contributed by atoms with van der Waals surface area (Å²) < 4.78 is 3.64. The molecule has 0 aromatic carbocycles. The van der Waals surface area contributed by atoms with Crippen LogP contribution in [0.3, 0.4) is 0 Å². The molecule has 0 amide bonds.